The highest BCUT2D eigenvalue weighted by molar-refractivity contribution is 5.76. The molecule has 0 aromatic carbocycles. The van der Waals surface area contributed by atoms with E-state index in [9.17, 15) is 10.1 Å². The molecule has 0 atom stereocenters. The molecule has 25 heavy (non-hydrogen) atoms. The van der Waals surface area contributed by atoms with Crippen LogP contribution in [0.3, 0.4) is 0 Å². The molecule has 2 N–H and O–H groups in total. The van der Waals surface area contributed by atoms with Crippen molar-refractivity contribution >= 4 is 22.5 Å². The van der Waals surface area contributed by atoms with Gasteiger partial charge in [-0.05, 0) is 31.5 Å². The fraction of sp³-hybridized carbons (Fsp3) is 0.333. The molecule has 0 amide bonds. The van der Waals surface area contributed by atoms with Crippen molar-refractivity contribution in [2.24, 2.45) is 0 Å². The molecular weight excluding hydrogens is 318 g/mol. The van der Waals surface area contributed by atoms with Crippen LogP contribution >= 0.6 is 0 Å². The highest BCUT2D eigenvalue weighted by Crippen LogP contribution is 2.14. The molecule has 0 bridgehead atoms. The molecule has 3 heterocycles. The van der Waals surface area contributed by atoms with Crippen LogP contribution < -0.4 is 15.9 Å². The number of nitrogen functional groups attached to an aromatic ring is 1. The Morgan fingerprint density at radius 3 is 2.96 bits per heavy atom. The number of hydrogen-bond acceptors (Lipinski definition) is 5. The lowest BCUT2D eigenvalue weighted by Gasteiger charge is -2.09. The van der Waals surface area contributed by atoms with Crippen molar-refractivity contribution in [3.8, 4) is 6.07 Å². The summed E-state index contributed by atoms with van der Waals surface area (Å²) in [6.45, 7) is 5.58. The van der Waals surface area contributed by atoms with Crippen LogP contribution in [0, 0.1) is 18.3 Å². The van der Waals surface area contributed by atoms with Crippen molar-refractivity contribution in [3.05, 3.63) is 45.9 Å². The van der Waals surface area contributed by atoms with E-state index in [0.29, 0.717) is 48.7 Å². The molecule has 7 heteroatoms. The smallest absolute Gasteiger partial charge is 0.278 e. The Kier molecular flexibility index (Phi) is 4.63. The van der Waals surface area contributed by atoms with Crippen molar-refractivity contribution in [2.75, 3.05) is 18.9 Å². The number of ether oxygens (including phenoxy) is 1. The molecule has 3 aromatic heterocycles. The number of rotatable bonds is 5. The number of nitrogens with zero attached hydrogens (tertiary/aromatic N) is 4. The fourth-order valence-corrected chi connectivity index (χ4v) is 2.84. The first-order valence-corrected chi connectivity index (χ1v) is 8.19. The Bertz CT molecular complexity index is 1050. The fourth-order valence-electron chi connectivity index (χ4n) is 2.84. The average molecular weight is 338 g/mol. The number of aromatic nitrogens is 3. The minimum absolute atomic E-state index is 0.209. The third kappa shape index (κ3) is 3.04. The molecule has 3 rings (SSSR count). The maximum atomic E-state index is 12.9. The number of anilines is 1. The molecule has 0 aliphatic rings. The first-order valence-electron chi connectivity index (χ1n) is 8.19. The van der Waals surface area contributed by atoms with E-state index < -0.39 is 0 Å². The van der Waals surface area contributed by atoms with Crippen LogP contribution in [0.5, 0.6) is 0 Å². The van der Waals surface area contributed by atoms with E-state index in [1.165, 1.54) is 10.5 Å². The van der Waals surface area contributed by atoms with Crippen molar-refractivity contribution in [2.45, 2.75) is 26.8 Å². The lowest BCUT2D eigenvalue weighted by molar-refractivity contribution is -0.659. The minimum Gasteiger partial charge on any atom is -0.382 e. The van der Waals surface area contributed by atoms with Gasteiger partial charge in [0.25, 0.3) is 11.2 Å². The van der Waals surface area contributed by atoms with Gasteiger partial charge in [0.2, 0.25) is 11.5 Å². The maximum Gasteiger partial charge on any atom is 0.278 e. The quantitative estimate of drug-likeness (QED) is 0.430. The van der Waals surface area contributed by atoms with Gasteiger partial charge >= 0.3 is 0 Å². The van der Waals surface area contributed by atoms with Crippen LogP contribution in [0.1, 0.15) is 24.5 Å². The summed E-state index contributed by atoms with van der Waals surface area (Å²) < 4.78 is 8.60. The topological polar surface area (TPSA) is 97.3 Å². The van der Waals surface area contributed by atoms with Gasteiger partial charge in [-0.15, -0.1) is 0 Å². The number of aryl methyl sites for hydroxylation is 2. The van der Waals surface area contributed by atoms with Gasteiger partial charge in [-0.3, -0.25) is 9.20 Å². The van der Waals surface area contributed by atoms with Gasteiger partial charge in [-0.1, -0.05) is 11.1 Å². The van der Waals surface area contributed by atoms with Crippen LogP contribution in [0.15, 0.2) is 29.2 Å². The summed E-state index contributed by atoms with van der Waals surface area (Å²) in [5, 5.41) is 9.74. The monoisotopic (exact) mass is 338 g/mol. The van der Waals surface area contributed by atoms with Crippen LogP contribution in [0.25, 0.3) is 16.7 Å². The van der Waals surface area contributed by atoms with Crippen molar-refractivity contribution in [1.29, 1.82) is 5.26 Å². The zero-order valence-corrected chi connectivity index (χ0v) is 14.3. The normalized spacial score (nSPS) is 11.1. The number of hydrogen-bond donors (Lipinski definition) is 1. The summed E-state index contributed by atoms with van der Waals surface area (Å²) in [6.07, 6.45) is 2.45. The number of fused-ring (bicyclic) bond motifs is 2. The summed E-state index contributed by atoms with van der Waals surface area (Å²) in [5.41, 5.74) is 8.20. The number of pyridine rings is 2. The Morgan fingerprint density at radius 1 is 1.44 bits per heavy atom. The van der Waals surface area contributed by atoms with Gasteiger partial charge in [0.05, 0.1) is 6.54 Å². The molecule has 128 valence electrons. The van der Waals surface area contributed by atoms with E-state index in [-0.39, 0.29) is 11.1 Å². The molecule has 0 fully saturated rings. The maximum absolute atomic E-state index is 12.9. The molecule has 7 nitrogen and oxygen atoms in total. The zero-order valence-electron chi connectivity index (χ0n) is 14.3. The second-order valence-corrected chi connectivity index (χ2v) is 5.85. The minimum atomic E-state index is -0.209. The van der Waals surface area contributed by atoms with Crippen LogP contribution in [-0.2, 0) is 11.3 Å². The summed E-state index contributed by atoms with van der Waals surface area (Å²) in [6, 6.07) is 7.29. The molecule has 0 unspecified atom stereocenters. The number of nitriles is 1. The van der Waals surface area contributed by atoms with Gasteiger partial charge in [0.15, 0.2) is 0 Å². The van der Waals surface area contributed by atoms with Crippen LogP contribution in [0.2, 0.25) is 0 Å². The molecule has 0 saturated heterocycles. The zero-order chi connectivity index (χ0) is 18.0. The molecule has 3 aromatic rings. The highest BCUT2D eigenvalue weighted by atomic mass is 16.5. The molecular formula is C18H20N5O2+. The summed E-state index contributed by atoms with van der Waals surface area (Å²) in [4.78, 5) is 17.5. The number of nitrogens with two attached hydrogens (primary N) is 1. The Morgan fingerprint density at radius 2 is 2.24 bits per heavy atom. The highest BCUT2D eigenvalue weighted by Gasteiger charge is 2.20. The lowest BCUT2D eigenvalue weighted by atomic mass is 10.2. The van der Waals surface area contributed by atoms with Crippen molar-refractivity contribution < 1.29 is 9.30 Å². The summed E-state index contributed by atoms with van der Waals surface area (Å²) in [5.74, 6) is 0.315. The predicted octanol–water partition coefficient (Wildman–Crippen LogP) is 1.32. The Hall–Kier alpha value is -2.98. The van der Waals surface area contributed by atoms with Gasteiger partial charge < -0.3 is 10.5 Å². The molecule has 0 spiro atoms. The summed E-state index contributed by atoms with van der Waals surface area (Å²) in [7, 11) is 0. The molecule has 0 saturated carbocycles. The third-order valence-corrected chi connectivity index (χ3v) is 4.09. The van der Waals surface area contributed by atoms with E-state index in [1.807, 2.05) is 19.9 Å². The molecule has 0 aliphatic carbocycles. The van der Waals surface area contributed by atoms with E-state index in [1.54, 1.807) is 16.8 Å². The standard InChI is InChI=1S/C18H19N5O2/c1-3-25-8-4-7-22-16(20)13(10-19)9-14-17(22)21-15-6-5-12(2)11-23(15)18(14)24/h5-6,9,11,20H,3-4,7-8H2,1-2H3/p+1. The molecule has 0 radical (unpaired) electrons. The van der Waals surface area contributed by atoms with Gasteiger partial charge in [0, 0.05) is 25.8 Å². The average Bonchev–Trinajstić information content (AvgIpc) is 2.61. The summed E-state index contributed by atoms with van der Waals surface area (Å²) >= 11 is 0. The Balaban J connectivity index is 2.27. The first kappa shape index (κ1) is 16.9. The van der Waals surface area contributed by atoms with Gasteiger partial charge in [-0.25, -0.2) is 4.57 Å². The van der Waals surface area contributed by atoms with E-state index in [2.05, 4.69) is 11.1 Å². The SMILES string of the molecule is CCOCCC[n+]1c(N)c(C#N)cc2c(=O)n3cc(C)ccc3nc21. The predicted molar refractivity (Wildman–Crippen MR) is 94.1 cm³/mol. The second-order valence-electron chi connectivity index (χ2n) is 5.85. The van der Waals surface area contributed by atoms with Gasteiger partial charge in [0.1, 0.15) is 17.0 Å². The van der Waals surface area contributed by atoms with E-state index >= 15 is 0 Å². The second kappa shape index (κ2) is 6.87. The van der Waals surface area contributed by atoms with E-state index in [4.69, 9.17) is 10.5 Å². The van der Waals surface area contributed by atoms with Crippen LogP contribution in [-0.4, -0.2) is 22.6 Å². The first-order chi connectivity index (χ1) is 12.1. The molecule has 0 aliphatic heterocycles. The third-order valence-electron chi connectivity index (χ3n) is 4.09. The Labute approximate surface area is 144 Å². The van der Waals surface area contributed by atoms with Crippen molar-refractivity contribution in [3.63, 3.8) is 0 Å². The van der Waals surface area contributed by atoms with E-state index in [0.717, 1.165) is 5.56 Å². The lowest BCUT2D eigenvalue weighted by Crippen LogP contribution is -2.41. The van der Waals surface area contributed by atoms with Gasteiger partial charge in [-0.2, -0.15) is 5.26 Å². The van der Waals surface area contributed by atoms with Crippen molar-refractivity contribution in [1.82, 2.24) is 9.38 Å². The largest absolute Gasteiger partial charge is 0.382 e. The van der Waals surface area contributed by atoms with Crippen LogP contribution in [0.4, 0.5) is 5.82 Å².